The highest BCUT2D eigenvalue weighted by Crippen LogP contribution is 2.11. The Morgan fingerprint density at radius 3 is 1.66 bits per heavy atom. The van der Waals surface area contributed by atoms with Crippen LogP contribution in [-0.2, 0) is 28.6 Å². The molecule has 8 heteroatoms. The fourth-order valence-corrected chi connectivity index (χ4v) is 5.01. The lowest BCUT2D eigenvalue weighted by atomic mass is 10.1. The summed E-state index contributed by atoms with van der Waals surface area (Å²) in [7, 11) is 5.36. The number of carboxylic acids is 1. The molecule has 2 atom stereocenters. The third kappa shape index (κ3) is 33.8. The first-order chi connectivity index (χ1) is 25.6. The number of rotatable bonds is 33. The molecule has 0 aromatic carbocycles. The Balaban J connectivity index is 4.55. The summed E-state index contributed by atoms with van der Waals surface area (Å²) in [5.41, 5.74) is 0. The number of aliphatic carboxylic acids is 1. The van der Waals surface area contributed by atoms with Crippen LogP contribution >= 0.6 is 0 Å². The topological polar surface area (TPSA) is 102 Å². The van der Waals surface area contributed by atoms with Crippen LogP contribution in [0.4, 0.5) is 0 Å². The molecule has 8 nitrogen and oxygen atoms in total. The first kappa shape index (κ1) is 49.2. The SMILES string of the molecule is CC/C=C/C=C/C=C/C=C/CCCCCC(=O)OC(COCCC(C(=O)[O-])[N+](C)(C)C)COC(=O)CCCCC/C=C/C/C=C/C/C=C/C/C=C/CC. The molecule has 0 amide bonds. The number of carbonyl (C=O) groups is 3. The van der Waals surface area contributed by atoms with E-state index in [9.17, 15) is 19.5 Å². The van der Waals surface area contributed by atoms with Crippen LogP contribution in [0.1, 0.15) is 117 Å². The van der Waals surface area contributed by atoms with Crippen LogP contribution in [0.2, 0.25) is 0 Å². The molecule has 0 fully saturated rings. The highest BCUT2D eigenvalue weighted by Gasteiger charge is 2.25. The van der Waals surface area contributed by atoms with Gasteiger partial charge in [-0.3, -0.25) is 9.59 Å². The van der Waals surface area contributed by atoms with E-state index in [0.717, 1.165) is 77.0 Å². The van der Waals surface area contributed by atoms with E-state index in [2.05, 4.69) is 74.6 Å². The number of carbonyl (C=O) groups excluding carboxylic acids is 3. The Morgan fingerprint density at radius 1 is 0.585 bits per heavy atom. The minimum Gasteiger partial charge on any atom is -0.544 e. The average Bonchev–Trinajstić information content (AvgIpc) is 3.11. The number of allylic oxidation sites excluding steroid dienone is 16. The summed E-state index contributed by atoms with van der Waals surface area (Å²) in [6.07, 6.45) is 45.8. The number of unbranched alkanes of at least 4 members (excludes halogenated alkanes) is 6. The molecule has 0 rings (SSSR count). The molecule has 0 heterocycles. The molecule has 0 aliphatic heterocycles. The van der Waals surface area contributed by atoms with Crippen molar-refractivity contribution in [2.75, 3.05) is 41.0 Å². The van der Waals surface area contributed by atoms with Gasteiger partial charge in [-0.25, -0.2) is 0 Å². The Morgan fingerprint density at radius 2 is 1.09 bits per heavy atom. The molecule has 0 aliphatic carbocycles. The predicted octanol–water partition coefficient (Wildman–Crippen LogP) is 9.01. The largest absolute Gasteiger partial charge is 0.544 e. The van der Waals surface area contributed by atoms with Crippen LogP contribution in [0.5, 0.6) is 0 Å². The van der Waals surface area contributed by atoms with Crippen LogP contribution in [0.3, 0.4) is 0 Å². The molecule has 0 N–H and O–H groups in total. The molecule has 0 aromatic rings. The predicted molar refractivity (Wildman–Crippen MR) is 217 cm³/mol. The molecular formula is C45H71NO7. The molecule has 0 aliphatic rings. The Bertz CT molecular complexity index is 1180. The van der Waals surface area contributed by atoms with Gasteiger partial charge in [0.05, 0.1) is 40.3 Å². The summed E-state index contributed by atoms with van der Waals surface area (Å²) in [6.45, 7) is 4.29. The normalized spacial score (nSPS) is 14.1. The van der Waals surface area contributed by atoms with Crippen LogP contribution in [0.25, 0.3) is 0 Å². The number of hydrogen-bond donors (Lipinski definition) is 0. The number of carboxylic acid groups (broad SMARTS) is 1. The summed E-state index contributed by atoms with van der Waals surface area (Å²) in [6, 6.07) is -0.743. The van der Waals surface area contributed by atoms with E-state index >= 15 is 0 Å². The van der Waals surface area contributed by atoms with Crippen molar-refractivity contribution >= 4 is 17.9 Å². The Labute approximate surface area is 322 Å². The van der Waals surface area contributed by atoms with Crippen molar-refractivity contribution < 1.29 is 38.2 Å². The maximum Gasteiger partial charge on any atom is 0.306 e. The van der Waals surface area contributed by atoms with Gasteiger partial charge < -0.3 is 28.6 Å². The van der Waals surface area contributed by atoms with Gasteiger partial charge >= 0.3 is 11.9 Å². The third-order valence-electron chi connectivity index (χ3n) is 8.06. The Hall–Kier alpha value is -3.75. The molecule has 0 aromatic heterocycles. The van der Waals surface area contributed by atoms with Crippen LogP contribution in [0.15, 0.2) is 97.2 Å². The molecule has 0 bridgehead atoms. The zero-order valence-electron chi connectivity index (χ0n) is 33.6. The summed E-state index contributed by atoms with van der Waals surface area (Å²) in [5.74, 6) is -1.85. The van der Waals surface area contributed by atoms with Crippen molar-refractivity contribution in [2.45, 2.75) is 129 Å². The molecule has 53 heavy (non-hydrogen) atoms. The zero-order valence-corrected chi connectivity index (χ0v) is 33.6. The van der Waals surface area contributed by atoms with Gasteiger partial charge in [0.1, 0.15) is 12.6 Å². The number of hydrogen-bond acceptors (Lipinski definition) is 7. The molecule has 0 saturated heterocycles. The second-order valence-corrected chi connectivity index (χ2v) is 13.8. The summed E-state index contributed by atoms with van der Waals surface area (Å²) >= 11 is 0. The monoisotopic (exact) mass is 738 g/mol. The van der Waals surface area contributed by atoms with Crippen molar-refractivity contribution in [3.63, 3.8) is 0 Å². The zero-order chi connectivity index (χ0) is 39.3. The van der Waals surface area contributed by atoms with E-state index in [-0.39, 0.29) is 49.1 Å². The van der Waals surface area contributed by atoms with E-state index in [1.54, 1.807) is 21.1 Å². The van der Waals surface area contributed by atoms with Crippen molar-refractivity contribution in [1.29, 1.82) is 0 Å². The lowest BCUT2D eigenvalue weighted by Crippen LogP contribution is -2.55. The van der Waals surface area contributed by atoms with E-state index < -0.39 is 18.1 Å². The molecule has 0 spiro atoms. The highest BCUT2D eigenvalue weighted by atomic mass is 16.6. The van der Waals surface area contributed by atoms with Gasteiger partial charge in [-0.15, -0.1) is 0 Å². The first-order valence-corrected chi connectivity index (χ1v) is 19.8. The third-order valence-corrected chi connectivity index (χ3v) is 8.06. The van der Waals surface area contributed by atoms with Gasteiger partial charge in [-0.2, -0.15) is 0 Å². The van der Waals surface area contributed by atoms with E-state index in [1.807, 2.05) is 36.5 Å². The summed E-state index contributed by atoms with van der Waals surface area (Å²) < 4.78 is 17.0. The van der Waals surface area contributed by atoms with Gasteiger partial charge in [0.2, 0.25) is 0 Å². The van der Waals surface area contributed by atoms with E-state index in [1.165, 1.54) is 0 Å². The standard InChI is InChI=1S/C45H71NO7/c1-6-8-10-12-14-16-18-20-21-22-24-25-27-29-31-33-35-43(47)52-40-41(39-51-38-37-42(45(49)50)46(3,4)5)53-44(48)36-34-32-30-28-26-23-19-17-15-13-11-9-7-2/h8-11,13-17,19-21,23-26,41-42H,6-7,12,18,22,27-40H2,1-5H3/b10-8+,11-9+,15-13+,16-14+,19-17+,21-20+,25-24+,26-23+. The van der Waals surface area contributed by atoms with Crippen molar-refractivity contribution in [3.8, 4) is 0 Å². The fourth-order valence-electron chi connectivity index (χ4n) is 5.01. The van der Waals surface area contributed by atoms with Gasteiger partial charge in [-0.05, 0) is 70.6 Å². The number of ether oxygens (including phenoxy) is 3. The Kier molecular flexibility index (Phi) is 32.8. The van der Waals surface area contributed by atoms with Gasteiger partial charge in [-0.1, -0.05) is 124 Å². The minimum atomic E-state index is -1.14. The molecule has 298 valence electrons. The number of esters is 2. The van der Waals surface area contributed by atoms with Crippen LogP contribution < -0.4 is 5.11 Å². The van der Waals surface area contributed by atoms with Crippen molar-refractivity contribution in [3.05, 3.63) is 97.2 Å². The van der Waals surface area contributed by atoms with Gasteiger partial charge in [0, 0.05) is 19.3 Å². The second-order valence-electron chi connectivity index (χ2n) is 13.8. The number of likely N-dealkylation sites (N-methyl/N-ethyl adjacent to an activating group) is 1. The highest BCUT2D eigenvalue weighted by molar-refractivity contribution is 5.70. The average molecular weight is 738 g/mol. The second kappa shape index (κ2) is 35.3. The molecular weight excluding hydrogens is 666 g/mol. The summed E-state index contributed by atoms with van der Waals surface area (Å²) in [4.78, 5) is 36.7. The van der Waals surface area contributed by atoms with Gasteiger partial charge in [0.15, 0.2) is 6.10 Å². The summed E-state index contributed by atoms with van der Waals surface area (Å²) in [5, 5.41) is 11.6. The maximum absolute atomic E-state index is 12.6. The smallest absolute Gasteiger partial charge is 0.306 e. The van der Waals surface area contributed by atoms with Crippen molar-refractivity contribution in [2.24, 2.45) is 0 Å². The number of quaternary nitrogens is 1. The molecule has 0 saturated carbocycles. The van der Waals surface area contributed by atoms with E-state index in [4.69, 9.17) is 14.2 Å². The fraction of sp³-hybridized carbons (Fsp3) is 0.578. The number of nitrogens with zero attached hydrogens (tertiary/aromatic N) is 1. The molecule has 2 unspecified atom stereocenters. The lowest BCUT2D eigenvalue weighted by Gasteiger charge is -2.34. The maximum atomic E-state index is 12.6. The van der Waals surface area contributed by atoms with Crippen LogP contribution in [-0.4, -0.2) is 75.5 Å². The van der Waals surface area contributed by atoms with E-state index in [0.29, 0.717) is 12.8 Å². The lowest BCUT2D eigenvalue weighted by molar-refractivity contribution is -0.889. The van der Waals surface area contributed by atoms with Crippen LogP contribution in [0, 0.1) is 0 Å². The first-order valence-electron chi connectivity index (χ1n) is 19.8. The minimum absolute atomic E-state index is 0.00713. The van der Waals surface area contributed by atoms with Crippen molar-refractivity contribution in [1.82, 2.24) is 0 Å². The van der Waals surface area contributed by atoms with Gasteiger partial charge in [0.25, 0.3) is 0 Å². The molecule has 0 radical (unpaired) electrons. The quantitative estimate of drug-likeness (QED) is 0.0218.